The summed E-state index contributed by atoms with van der Waals surface area (Å²) in [5.41, 5.74) is 2.38. The van der Waals surface area contributed by atoms with E-state index in [4.69, 9.17) is 4.52 Å². The first-order chi connectivity index (χ1) is 9.31. The smallest absolute Gasteiger partial charge is 0.138 e. The molecule has 2 heterocycles. The molecule has 0 N–H and O–H groups in total. The van der Waals surface area contributed by atoms with Gasteiger partial charge in [-0.2, -0.15) is 0 Å². The highest BCUT2D eigenvalue weighted by molar-refractivity contribution is 7.99. The van der Waals surface area contributed by atoms with Gasteiger partial charge >= 0.3 is 0 Å². The average molecular weight is 280 g/mol. The van der Waals surface area contributed by atoms with Gasteiger partial charge in [0.2, 0.25) is 0 Å². The Morgan fingerprint density at radius 2 is 2.26 bits per heavy atom. The summed E-state index contributed by atoms with van der Waals surface area (Å²) < 4.78 is 5.18. The van der Waals surface area contributed by atoms with Gasteiger partial charge in [-0.05, 0) is 31.2 Å². The van der Waals surface area contributed by atoms with Gasteiger partial charge in [-0.15, -0.1) is 11.8 Å². The molecule has 0 aromatic carbocycles. The van der Waals surface area contributed by atoms with Crippen molar-refractivity contribution in [2.24, 2.45) is 0 Å². The van der Waals surface area contributed by atoms with Gasteiger partial charge in [0.05, 0.1) is 4.90 Å². The van der Waals surface area contributed by atoms with Crippen molar-refractivity contribution in [2.75, 3.05) is 25.9 Å². The van der Waals surface area contributed by atoms with Gasteiger partial charge in [0.1, 0.15) is 12.0 Å². The molecule has 0 saturated carbocycles. The molecule has 1 aromatic rings. The maximum Gasteiger partial charge on any atom is 0.138 e. The lowest BCUT2D eigenvalue weighted by Gasteiger charge is -2.22. The number of hydrogen-bond donors (Lipinski definition) is 0. The van der Waals surface area contributed by atoms with Gasteiger partial charge in [0.25, 0.3) is 0 Å². The number of hydrogen-bond acceptors (Lipinski definition) is 4. The van der Waals surface area contributed by atoms with Crippen LogP contribution in [0.3, 0.4) is 0 Å². The zero-order valence-electron chi connectivity index (χ0n) is 12.0. The van der Waals surface area contributed by atoms with Crippen molar-refractivity contribution in [2.45, 2.75) is 43.9 Å². The second-order valence-electron chi connectivity index (χ2n) is 5.19. The Hall–Kier alpha value is -0.740. The molecule has 1 aromatic heterocycles. The molecule has 4 heteroatoms. The highest BCUT2D eigenvalue weighted by Crippen LogP contribution is 2.30. The summed E-state index contributed by atoms with van der Waals surface area (Å²) in [6.45, 7) is 4.37. The largest absolute Gasteiger partial charge is 0.363 e. The van der Waals surface area contributed by atoms with Crippen LogP contribution in [0.4, 0.5) is 0 Å². The van der Waals surface area contributed by atoms with Crippen molar-refractivity contribution in [1.82, 2.24) is 10.1 Å². The molecular formula is C15H24N2OS. The molecule has 0 amide bonds. The van der Waals surface area contributed by atoms with Gasteiger partial charge in [0, 0.05) is 13.1 Å². The summed E-state index contributed by atoms with van der Waals surface area (Å²) in [5.74, 6) is 1.16. The van der Waals surface area contributed by atoms with E-state index in [1.165, 1.54) is 36.2 Å². The van der Waals surface area contributed by atoms with Gasteiger partial charge in [-0.25, -0.2) is 0 Å². The molecular weight excluding hydrogens is 256 g/mol. The van der Waals surface area contributed by atoms with Crippen molar-refractivity contribution in [3.63, 3.8) is 0 Å². The lowest BCUT2D eigenvalue weighted by atomic mass is 10.1. The van der Waals surface area contributed by atoms with Crippen molar-refractivity contribution in [1.29, 1.82) is 0 Å². The molecule has 1 aliphatic heterocycles. The molecule has 0 aliphatic carbocycles. The van der Waals surface area contributed by atoms with E-state index in [-0.39, 0.29) is 0 Å². The van der Waals surface area contributed by atoms with Gasteiger partial charge < -0.3 is 9.42 Å². The summed E-state index contributed by atoms with van der Waals surface area (Å²) in [7, 11) is 2.16. The normalized spacial score (nSPS) is 16.6. The quantitative estimate of drug-likeness (QED) is 0.556. The minimum Gasteiger partial charge on any atom is -0.363 e. The predicted molar refractivity (Wildman–Crippen MR) is 81.5 cm³/mol. The maximum atomic E-state index is 5.18. The maximum absolute atomic E-state index is 5.18. The van der Waals surface area contributed by atoms with E-state index in [0.717, 1.165) is 31.0 Å². The first-order valence-corrected chi connectivity index (χ1v) is 8.25. The standard InChI is InChI=1S/C15H24N2OS/c1-3-4-5-6-10-19-14-12-18-16-15(14)13-8-7-9-17(2)11-13/h8,12H,3-7,9-11H2,1-2H3. The second kappa shape index (κ2) is 7.75. The van der Waals surface area contributed by atoms with Crippen LogP contribution in [0.15, 0.2) is 21.8 Å². The average Bonchev–Trinajstić information content (AvgIpc) is 2.87. The third-order valence-corrected chi connectivity index (χ3v) is 4.53. The summed E-state index contributed by atoms with van der Waals surface area (Å²) >= 11 is 1.88. The number of aromatic nitrogens is 1. The number of rotatable bonds is 7. The van der Waals surface area contributed by atoms with Crippen LogP contribution in [-0.4, -0.2) is 35.9 Å². The van der Waals surface area contributed by atoms with E-state index in [2.05, 4.69) is 30.1 Å². The Morgan fingerprint density at radius 3 is 3.05 bits per heavy atom. The number of unbranched alkanes of at least 4 members (excludes halogenated alkanes) is 3. The summed E-state index contributed by atoms with van der Waals surface area (Å²) in [4.78, 5) is 3.54. The lowest BCUT2D eigenvalue weighted by molar-refractivity contribution is 0.369. The molecule has 0 bridgehead atoms. The Kier molecular flexibility index (Phi) is 5.98. The summed E-state index contributed by atoms with van der Waals surface area (Å²) in [6, 6.07) is 0. The van der Waals surface area contributed by atoms with Crippen LogP contribution < -0.4 is 0 Å². The lowest BCUT2D eigenvalue weighted by Crippen LogP contribution is -2.25. The van der Waals surface area contributed by atoms with Crippen LogP contribution in [0.2, 0.25) is 0 Å². The highest BCUT2D eigenvalue weighted by Gasteiger charge is 2.17. The zero-order chi connectivity index (χ0) is 13.5. The van der Waals surface area contributed by atoms with Crippen molar-refractivity contribution in [3.8, 4) is 0 Å². The van der Waals surface area contributed by atoms with Gasteiger partial charge in [0.15, 0.2) is 0 Å². The molecule has 0 atom stereocenters. The van der Waals surface area contributed by atoms with Gasteiger partial charge in [-0.3, -0.25) is 0 Å². The molecule has 3 nitrogen and oxygen atoms in total. The number of likely N-dealkylation sites (N-methyl/N-ethyl adjacent to an activating group) is 1. The van der Waals surface area contributed by atoms with Crippen molar-refractivity contribution in [3.05, 3.63) is 18.0 Å². The topological polar surface area (TPSA) is 29.3 Å². The summed E-state index contributed by atoms with van der Waals surface area (Å²) in [6.07, 6.45) is 10.5. The Balaban J connectivity index is 1.88. The molecule has 1 aliphatic rings. The zero-order valence-corrected chi connectivity index (χ0v) is 12.8. The van der Waals surface area contributed by atoms with Gasteiger partial charge in [-0.1, -0.05) is 37.4 Å². The first-order valence-electron chi connectivity index (χ1n) is 7.26. The van der Waals surface area contributed by atoms with Crippen LogP contribution in [0.1, 0.15) is 44.7 Å². The predicted octanol–water partition coefficient (Wildman–Crippen LogP) is 4.07. The SMILES string of the molecule is CCCCCCSc1conc1C1=CCCN(C)C1. The first kappa shape index (κ1) is 14.7. The highest BCUT2D eigenvalue weighted by atomic mass is 32.2. The Bertz CT molecular complexity index is 414. The molecule has 0 fully saturated rings. The molecule has 0 spiro atoms. The van der Waals surface area contributed by atoms with Crippen LogP contribution in [0.25, 0.3) is 5.57 Å². The third kappa shape index (κ3) is 4.39. The van der Waals surface area contributed by atoms with E-state index < -0.39 is 0 Å². The third-order valence-electron chi connectivity index (χ3n) is 3.44. The van der Waals surface area contributed by atoms with Crippen LogP contribution in [0.5, 0.6) is 0 Å². The molecule has 0 saturated heterocycles. The Labute approximate surface area is 120 Å². The van der Waals surface area contributed by atoms with E-state index in [1.807, 2.05) is 11.8 Å². The minimum atomic E-state index is 0.982. The fourth-order valence-corrected chi connectivity index (χ4v) is 3.31. The molecule has 0 unspecified atom stereocenters. The molecule has 0 radical (unpaired) electrons. The fourth-order valence-electron chi connectivity index (χ4n) is 2.32. The van der Waals surface area contributed by atoms with E-state index in [9.17, 15) is 0 Å². The monoisotopic (exact) mass is 280 g/mol. The molecule has 19 heavy (non-hydrogen) atoms. The Morgan fingerprint density at radius 1 is 1.37 bits per heavy atom. The number of nitrogens with zero attached hydrogens (tertiary/aromatic N) is 2. The fraction of sp³-hybridized carbons (Fsp3) is 0.667. The van der Waals surface area contributed by atoms with Crippen LogP contribution in [0, 0.1) is 0 Å². The van der Waals surface area contributed by atoms with E-state index in [0.29, 0.717) is 0 Å². The van der Waals surface area contributed by atoms with E-state index >= 15 is 0 Å². The van der Waals surface area contributed by atoms with Crippen molar-refractivity contribution < 1.29 is 4.52 Å². The molecule has 106 valence electrons. The second-order valence-corrected chi connectivity index (χ2v) is 6.33. The molecule has 2 rings (SSSR count). The summed E-state index contributed by atoms with van der Waals surface area (Å²) in [5, 5.41) is 4.20. The van der Waals surface area contributed by atoms with E-state index in [1.54, 1.807) is 6.26 Å². The van der Waals surface area contributed by atoms with Crippen LogP contribution in [-0.2, 0) is 0 Å². The van der Waals surface area contributed by atoms with Crippen molar-refractivity contribution >= 4 is 17.3 Å². The van der Waals surface area contributed by atoms with Crippen LogP contribution >= 0.6 is 11.8 Å². The number of thioether (sulfide) groups is 1. The minimum absolute atomic E-state index is 0.982.